The Balaban J connectivity index is 1.47. The molecule has 2 aliphatic carbocycles. The molecule has 0 radical (unpaired) electrons. The van der Waals surface area contributed by atoms with Crippen LogP contribution in [0, 0.1) is 39.7 Å². The van der Waals surface area contributed by atoms with E-state index in [-0.39, 0.29) is 52.7 Å². The second-order valence-electron chi connectivity index (χ2n) is 8.96. The van der Waals surface area contributed by atoms with Crippen molar-refractivity contribution in [1.82, 2.24) is 4.90 Å². The van der Waals surface area contributed by atoms with Gasteiger partial charge >= 0.3 is 5.97 Å². The summed E-state index contributed by atoms with van der Waals surface area (Å²) in [6, 6.07) is 4.04. The highest BCUT2D eigenvalue weighted by Gasteiger charge is 2.62. The van der Waals surface area contributed by atoms with E-state index in [4.69, 9.17) is 4.74 Å². The molecule has 31 heavy (non-hydrogen) atoms. The van der Waals surface area contributed by atoms with Crippen molar-refractivity contribution in [2.75, 3.05) is 6.61 Å². The van der Waals surface area contributed by atoms with E-state index in [1.54, 1.807) is 13.8 Å². The molecule has 4 rings (SSSR count). The average Bonchev–Trinajstić information content (AvgIpc) is 3.42. The van der Waals surface area contributed by atoms with Crippen LogP contribution in [0.15, 0.2) is 24.3 Å². The maximum Gasteiger partial charge on any atom is 0.330 e. The third kappa shape index (κ3) is 3.51. The molecule has 0 spiro atoms. The lowest BCUT2D eigenvalue weighted by molar-refractivity contribution is -0.384. The Bertz CT molecular complexity index is 944. The second kappa shape index (κ2) is 7.86. The number of rotatable bonds is 7. The Labute approximate surface area is 178 Å². The quantitative estimate of drug-likeness (QED) is 0.215. The number of ketones is 1. The Hall–Kier alpha value is -3.10. The smallest absolute Gasteiger partial charge is 0.330 e. The zero-order valence-electron chi connectivity index (χ0n) is 17.4. The van der Waals surface area contributed by atoms with E-state index < -0.39 is 29.3 Å². The number of amides is 2. The van der Waals surface area contributed by atoms with Crippen LogP contribution in [-0.2, 0) is 19.1 Å². The van der Waals surface area contributed by atoms with Gasteiger partial charge in [-0.15, -0.1) is 0 Å². The summed E-state index contributed by atoms with van der Waals surface area (Å²) in [5.41, 5.74) is -0.200. The largest absolute Gasteiger partial charge is 0.456 e. The first-order valence-electron chi connectivity index (χ1n) is 10.5. The maximum absolute atomic E-state index is 13.1. The number of Topliss-reactive ketones (excluding diaryl/α,β-unsaturated/α-hetero) is 1. The highest BCUT2D eigenvalue weighted by Crippen LogP contribution is 2.56. The highest BCUT2D eigenvalue weighted by molar-refractivity contribution is 6.09. The topological polar surface area (TPSA) is 124 Å². The molecule has 3 fully saturated rings. The van der Waals surface area contributed by atoms with Gasteiger partial charge in [-0.05, 0) is 37.0 Å². The second-order valence-corrected chi connectivity index (χ2v) is 8.96. The highest BCUT2D eigenvalue weighted by atomic mass is 16.6. The minimum atomic E-state index is -1.09. The first kappa shape index (κ1) is 21.1. The Kier molecular flexibility index (Phi) is 5.36. The first-order valence-corrected chi connectivity index (χ1v) is 10.5. The van der Waals surface area contributed by atoms with Crippen LogP contribution in [0.1, 0.15) is 43.5 Å². The molecule has 9 heteroatoms. The number of carbonyl (C=O) groups is 4. The molecule has 164 valence electrons. The van der Waals surface area contributed by atoms with Gasteiger partial charge in [0.1, 0.15) is 6.04 Å². The zero-order chi connectivity index (χ0) is 22.4. The van der Waals surface area contributed by atoms with Crippen molar-refractivity contribution in [2.24, 2.45) is 29.6 Å². The summed E-state index contributed by atoms with van der Waals surface area (Å²) in [7, 11) is 0. The van der Waals surface area contributed by atoms with E-state index in [2.05, 4.69) is 0 Å². The fourth-order valence-corrected chi connectivity index (χ4v) is 5.48. The van der Waals surface area contributed by atoms with Crippen LogP contribution >= 0.6 is 0 Å². The molecule has 0 N–H and O–H groups in total. The summed E-state index contributed by atoms with van der Waals surface area (Å²) in [5.74, 6) is -2.68. The first-order chi connectivity index (χ1) is 14.7. The Morgan fingerprint density at radius 2 is 1.77 bits per heavy atom. The van der Waals surface area contributed by atoms with Gasteiger partial charge in [-0.3, -0.25) is 29.4 Å². The van der Waals surface area contributed by atoms with Crippen LogP contribution in [0.4, 0.5) is 5.69 Å². The van der Waals surface area contributed by atoms with Crippen molar-refractivity contribution in [1.29, 1.82) is 0 Å². The number of non-ortho nitro benzene ring substituents is 1. The van der Waals surface area contributed by atoms with E-state index in [9.17, 15) is 29.3 Å². The number of likely N-dealkylation sites (tertiary alicyclic amines) is 1. The van der Waals surface area contributed by atoms with Gasteiger partial charge in [0, 0.05) is 17.7 Å². The fraction of sp³-hybridized carbons (Fsp3) is 0.545. The summed E-state index contributed by atoms with van der Waals surface area (Å²) in [6.45, 7) is 2.81. The molecule has 1 aromatic carbocycles. The van der Waals surface area contributed by atoms with Crippen LogP contribution in [0.25, 0.3) is 0 Å². The molecule has 1 aliphatic heterocycles. The zero-order valence-corrected chi connectivity index (χ0v) is 17.4. The maximum atomic E-state index is 13.1. The van der Waals surface area contributed by atoms with Crippen molar-refractivity contribution in [2.45, 2.75) is 39.2 Å². The van der Waals surface area contributed by atoms with Crippen molar-refractivity contribution in [3.63, 3.8) is 0 Å². The SMILES string of the molecule is CC(C)[C@@H](C(=O)OCC(=O)c1cccc([N+](=O)[O-])c1)N1C(=O)[C@H]2[C@H]3CC[C@@H](C3)[C@@H]2C1=O. The molecule has 9 nitrogen and oxygen atoms in total. The average molecular weight is 428 g/mol. The third-order valence-electron chi connectivity index (χ3n) is 6.84. The number of nitro benzene ring substituents is 1. The van der Waals surface area contributed by atoms with Crippen LogP contribution in [-0.4, -0.2) is 46.0 Å². The normalized spacial score (nSPS) is 27.5. The Morgan fingerprint density at radius 3 is 2.32 bits per heavy atom. The van der Waals surface area contributed by atoms with E-state index in [1.807, 2.05) is 0 Å². The summed E-state index contributed by atoms with van der Waals surface area (Å²) in [6.07, 6.45) is 2.77. The van der Waals surface area contributed by atoms with Crippen LogP contribution in [0.2, 0.25) is 0 Å². The molecular weight excluding hydrogens is 404 g/mol. The molecule has 1 aromatic rings. The molecule has 0 aromatic heterocycles. The van der Waals surface area contributed by atoms with Crippen molar-refractivity contribution in [3.8, 4) is 0 Å². The van der Waals surface area contributed by atoms with E-state index in [0.29, 0.717) is 0 Å². The summed E-state index contributed by atoms with van der Waals surface area (Å²) in [5, 5.41) is 10.9. The molecular formula is C22H24N2O7. The van der Waals surface area contributed by atoms with Crippen LogP contribution in [0.5, 0.6) is 0 Å². The number of benzene rings is 1. The van der Waals surface area contributed by atoms with Gasteiger partial charge in [-0.1, -0.05) is 26.0 Å². The van der Waals surface area contributed by atoms with Gasteiger partial charge in [0.25, 0.3) is 5.69 Å². The van der Waals surface area contributed by atoms with E-state index >= 15 is 0 Å². The number of esters is 1. The predicted molar refractivity (Wildman–Crippen MR) is 107 cm³/mol. The fourth-order valence-electron chi connectivity index (χ4n) is 5.48. The lowest BCUT2D eigenvalue weighted by atomic mass is 9.81. The lowest BCUT2D eigenvalue weighted by Crippen LogP contribution is -2.50. The van der Waals surface area contributed by atoms with Gasteiger partial charge in [-0.2, -0.15) is 0 Å². The van der Waals surface area contributed by atoms with Crippen molar-refractivity contribution in [3.05, 3.63) is 39.9 Å². The standard InChI is InChI=1S/C22H24N2O7/c1-11(2)19(23-20(26)17-13-6-7-14(8-13)18(17)21(23)27)22(28)31-10-16(25)12-4-3-5-15(9-12)24(29)30/h3-5,9,11,13-14,17-19H,6-8,10H2,1-2H3/t13-,14-,17-,18-,19-/m0/s1. The van der Waals surface area contributed by atoms with Crippen LogP contribution in [0.3, 0.4) is 0 Å². The van der Waals surface area contributed by atoms with E-state index in [1.165, 1.54) is 18.2 Å². The predicted octanol–water partition coefficient (Wildman–Crippen LogP) is 2.38. The molecule has 0 unspecified atom stereocenters. The molecule has 1 heterocycles. The molecule has 5 atom stereocenters. The summed E-state index contributed by atoms with van der Waals surface area (Å²) < 4.78 is 5.18. The minimum absolute atomic E-state index is 0.0440. The van der Waals surface area contributed by atoms with Gasteiger partial charge in [0.2, 0.25) is 17.6 Å². The van der Waals surface area contributed by atoms with Crippen molar-refractivity contribution >= 4 is 29.3 Å². The van der Waals surface area contributed by atoms with Gasteiger partial charge in [0.05, 0.1) is 16.8 Å². The van der Waals surface area contributed by atoms with Gasteiger partial charge in [0.15, 0.2) is 6.61 Å². The number of nitrogens with zero attached hydrogens (tertiary/aromatic N) is 2. The van der Waals surface area contributed by atoms with Gasteiger partial charge < -0.3 is 4.74 Å². The summed E-state index contributed by atoms with van der Waals surface area (Å²) in [4.78, 5) is 62.7. The Morgan fingerprint density at radius 1 is 1.16 bits per heavy atom. The molecule has 2 amide bonds. The molecule has 1 saturated heterocycles. The number of imide groups is 1. The minimum Gasteiger partial charge on any atom is -0.456 e. The van der Waals surface area contributed by atoms with Gasteiger partial charge in [-0.25, -0.2) is 4.79 Å². The summed E-state index contributed by atoms with van der Waals surface area (Å²) >= 11 is 0. The lowest BCUT2D eigenvalue weighted by Gasteiger charge is -2.28. The molecule has 2 saturated carbocycles. The third-order valence-corrected chi connectivity index (χ3v) is 6.84. The van der Waals surface area contributed by atoms with E-state index in [0.717, 1.165) is 30.2 Å². The monoisotopic (exact) mass is 428 g/mol. The van der Waals surface area contributed by atoms with Crippen molar-refractivity contribution < 1.29 is 28.8 Å². The number of carbonyl (C=O) groups excluding carboxylic acids is 4. The number of hydrogen-bond donors (Lipinski definition) is 0. The molecule has 3 aliphatic rings. The van der Waals surface area contributed by atoms with Crippen LogP contribution < -0.4 is 0 Å². The number of ether oxygens (including phenoxy) is 1. The number of fused-ring (bicyclic) bond motifs is 5. The number of nitro groups is 1. The molecule has 2 bridgehead atoms. The number of hydrogen-bond acceptors (Lipinski definition) is 7.